The maximum absolute atomic E-state index is 12.7. The van der Waals surface area contributed by atoms with Crippen LogP contribution < -0.4 is 10.2 Å². The predicted octanol–water partition coefficient (Wildman–Crippen LogP) is 4.58. The van der Waals surface area contributed by atoms with E-state index in [-0.39, 0.29) is 11.8 Å². The van der Waals surface area contributed by atoms with Crippen LogP contribution in [0.25, 0.3) is 6.08 Å². The molecule has 1 aliphatic rings. The summed E-state index contributed by atoms with van der Waals surface area (Å²) < 4.78 is 0. The number of hydrogen-bond acceptors (Lipinski definition) is 2. The van der Waals surface area contributed by atoms with Crippen LogP contribution in [0, 0.1) is 6.92 Å². The van der Waals surface area contributed by atoms with Crippen molar-refractivity contribution in [3.05, 3.63) is 64.7 Å². The Hall–Kier alpha value is -2.88. The molecule has 0 spiro atoms. The summed E-state index contributed by atoms with van der Waals surface area (Å²) in [6, 6.07) is 11.6. The summed E-state index contributed by atoms with van der Waals surface area (Å²) in [5.74, 6) is -0.0246. The number of rotatable bonds is 4. The summed E-state index contributed by atoms with van der Waals surface area (Å²) in [5, 5.41) is 2.96. The first kappa shape index (κ1) is 17.9. The lowest BCUT2D eigenvalue weighted by atomic mass is 10.0. The van der Waals surface area contributed by atoms with Gasteiger partial charge in [-0.1, -0.05) is 37.3 Å². The van der Waals surface area contributed by atoms with Crippen molar-refractivity contribution < 1.29 is 9.59 Å². The number of hydrogen-bond donors (Lipinski definition) is 1. The number of amides is 2. The predicted molar refractivity (Wildman–Crippen MR) is 107 cm³/mol. The molecule has 26 heavy (non-hydrogen) atoms. The van der Waals surface area contributed by atoms with Crippen LogP contribution in [-0.2, 0) is 11.2 Å². The van der Waals surface area contributed by atoms with Crippen molar-refractivity contribution in [1.29, 1.82) is 0 Å². The van der Waals surface area contributed by atoms with Crippen molar-refractivity contribution in [1.82, 2.24) is 0 Å². The molecule has 4 nitrogen and oxygen atoms in total. The Labute approximate surface area is 154 Å². The van der Waals surface area contributed by atoms with Gasteiger partial charge in [-0.3, -0.25) is 9.59 Å². The number of carbonyl (C=O) groups is 2. The number of nitrogens with one attached hydrogen (secondary N) is 1. The Morgan fingerprint density at radius 2 is 2.00 bits per heavy atom. The average Bonchev–Trinajstić information content (AvgIpc) is 3.04. The van der Waals surface area contributed by atoms with Crippen LogP contribution in [0.15, 0.2) is 42.5 Å². The van der Waals surface area contributed by atoms with E-state index in [2.05, 4.69) is 5.32 Å². The number of nitrogens with zero attached hydrogens (tertiary/aromatic N) is 1. The van der Waals surface area contributed by atoms with Crippen molar-refractivity contribution in [2.75, 3.05) is 16.8 Å². The summed E-state index contributed by atoms with van der Waals surface area (Å²) in [4.78, 5) is 26.6. The number of aryl methyl sites for hydroxylation is 1. The van der Waals surface area contributed by atoms with Gasteiger partial charge in [-0.15, -0.1) is 0 Å². The lowest BCUT2D eigenvalue weighted by molar-refractivity contribution is -0.118. The maximum Gasteiger partial charge on any atom is 0.255 e. The first-order chi connectivity index (χ1) is 12.5. The fraction of sp³-hybridized carbons (Fsp3) is 0.273. The highest BCUT2D eigenvalue weighted by molar-refractivity contribution is 6.06. The van der Waals surface area contributed by atoms with Crippen LogP contribution >= 0.6 is 0 Å². The monoisotopic (exact) mass is 348 g/mol. The maximum atomic E-state index is 12.7. The molecule has 1 aliphatic heterocycles. The molecule has 3 rings (SSSR count). The van der Waals surface area contributed by atoms with E-state index >= 15 is 0 Å². The minimum absolute atomic E-state index is 0.114. The molecule has 0 bridgehead atoms. The average molecular weight is 348 g/mol. The summed E-state index contributed by atoms with van der Waals surface area (Å²) >= 11 is 0. The molecule has 2 aromatic rings. The third-order valence-electron chi connectivity index (χ3n) is 4.70. The van der Waals surface area contributed by atoms with Crippen molar-refractivity contribution in [2.24, 2.45) is 0 Å². The zero-order valence-corrected chi connectivity index (χ0v) is 15.5. The quantitative estimate of drug-likeness (QED) is 0.879. The van der Waals surface area contributed by atoms with Crippen LogP contribution in [0.1, 0.15) is 47.3 Å². The Morgan fingerprint density at radius 1 is 1.19 bits per heavy atom. The van der Waals surface area contributed by atoms with E-state index in [1.165, 1.54) is 0 Å². The fourth-order valence-electron chi connectivity index (χ4n) is 3.34. The Bertz CT molecular complexity index is 884. The van der Waals surface area contributed by atoms with Crippen LogP contribution in [0.4, 0.5) is 11.4 Å². The van der Waals surface area contributed by atoms with Gasteiger partial charge in [0, 0.05) is 29.9 Å². The molecule has 1 N–H and O–H groups in total. The van der Waals surface area contributed by atoms with E-state index in [1.807, 2.05) is 74.2 Å². The normalized spacial score (nSPS) is 13.1. The van der Waals surface area contributed by atoms with Gasteiger partial charge in [-0.25, -0.2) is 0 Å². The van der Waals surface area contributed by atoms with Gasteiger partial charge in [-0.2, -0.15) is 0 Å². The smallest absolute Gasteiger partial charge is 0.255 e. The first-order valence-corrected chi connectivity index (χ1v) is 9.01. The topological polar surface area (TPSA) is 49.4 Å². The molecule has 2 amide bonds. The third-order valence-corrected chi connectivity index (χ3v) is 4.70. The Balaban J connectivity index is 1.82. The van der Waals surface area contributed by atoms with Crippen molar-refractivity contribution in [3.8, 4) is 0 Å². The molecule has 0 fully saturated rings. The number of allylic oxidation sites excluding steroid dienone is 1. The van der Waals surface area contributed by atoms with E-state index in [9.17, 15) is 9.59 Å². The molecular formula is C22H24N2O2. The van der Waals surface area contributed by atoms with E-state index in [1.54, 1.807) is 0 Å². The van der Waals surface area contributed by atoms with Crippen molar-refractivity contribution >= 4 is 29.3 Å². The summed E-state index contributed by atoms with van der Waals surface area (Å²) in [6.07, 6.45) is 5.32. The summed E-state index contributed by atoms with van der Waals surface area (Å²) in [7, 11) is 0. The minimum atomic E-state index is -0.138. The molecule has 0 aromatic heterocycles. The van der Waals surface area contributed by atoms with Gasteiger partial charge in [0.25, 0.3) is 5.91 Å². The molecule has 1 heterocycles. The highest BCUT2D eigenvalue weighted by Crippen LogP contribution is 2.31. The highest BCUT2D eigenvalue weighted by atomic mass is 16.2. The van der Waals surface area contributed by atoms with Gasteiger partial charge in [0.1, 0.15) is 0 Å². The molecule has 0 saturated carbocycles. The third kappa shape index (κ3) is 3.54. The van der Waals surface area contributed by atoms with Crippen LogP contribution in [-0.4, -0.2) is 18.4 Å². The first-order valence-electron chi connectivity index (χ1n) is 9.01. The number of carbonyl (C=O) groups excluding carboxylic acids is 2. The van der Waals surface area contributed by atoms with Gasteiger partial charge in [0.05, 0.1) is 0 Å². The summed E-state index contributed by atoms with van der Waals surface area (Å²) in [5.41, 5.74) is 5.43. The SMILES string of the molecule is C/C=C/c1ccc(C(=O)Nc2ccc3c(c2)N(C(=O)CC)CC3)c(C)c1. The van der Waals surface area contributed by atoms with Crippen LogP contribution in [0.3, 0.4) is 0 Å². The second kappa shape index (κ2) is 7.56. The summed E-state index contributed by atoms with van der Waals surface area (Å²) in [6.45, 7) is 6.49. The number of fused-ring (bicyclic) bond motifs is 1. The molecule has 4 heteroatoms. The van der Waals surface area contributed by atoms with Crippen molar-refractivity contribution in [3.63, 3.8) is 0 Å². The molecule has 0 unspecified atom stereocenters. The largest absolute Gasteiger partial charge is 0.322 e. The Morgan fingerprint density at radius 3 is 2.69 bits per heavy atom. The van der Waals surface area contributed by atoms with Gasteiger partial charge in [0.15, 0.2) is 0 Å². The van der Waals surface area contributed by atoms with Gasteiger partial charge in [-0.05, 0) is 55.2 Å². The fourth-order valence-corrected chi connectivity index (χ4v) is 3.34. The van der Waals surface area contributed by atoms with Crippen LogP contribution in [0.2, 0.25) is 0 Å². The lowest BCUT2D eigenvalue weighted by Crippen LogP contribution is -2.27. The van der Waals surface area contributed by atoms with Gasteiger partial charge in [0.2, 0.25) is 5.91 Å². The molecule has 0 aliphatic carbocycles. The molecule has 134 valence electrons. The molecule has 0 saturated heterocycles. The lowest BCUT2D eigenvalue weighted by Gasteiger charge is -2.17. The molecule has 2 aromatic carbocycles. The highest BCUT2D eigenvalue weighted by Gasteiger charge is 2.24. The second-order valence-corrected chi connectivity index (χ2v) is 6.52. The van der Waals surface area contributed by atoms with Gasteiger partial charge >= 0.3 is 0 Å². The van der Waals surface area contributed by atoms with Crippen molar-refractivity contribution in [2.45, 2.75) is 33.6 Å². The van der Waals surface area contributed by atoms with Gasteiger partial charge < -0.3 is 10.2 Å². The van der Waals surface area contributed by atoms with E-state index in [0.717, 1.165) is 28.8 Å². The van der Waals surface area contributed by atoms with E-state index < -0.39 is 0 Å². The zero-order valence-electron chi connectivity index (χ0n) is 15.5. The minimum Gasteiger partial charge on any atom is -0.322 e. The standard InChI is InChI=1S/C22H24N2O2/c1-4-6-16-7-10-19(15(3)13-16)22(26)23-18-9-8-17-11-12-24(20(17)14-18)21(25)5-2/h4,6-10,13-14H,5,11-12H2,1-3H3,(H,23,26)/b6-4+. The van der Waals surface area contributed by atoms with Crippen LogP contribution in [0.5, 0.6) is 0 Å². The second-order valence-electron chi connectivity index (χ2n) is 6.52. The number of anilines is 2. The zero-order chi connectivity index (χ0) is 18.7. The van der Waals surface area contributed by atoms with E-state index in [0.29, 0.717) is 24.2 Å². The Kier molecular flexibility index (Phi) is 5.21. The van der Waals surface area contributed by atoms with E-state index in [4.69, 9.17) is 0 Å². The number of benzene rings is 2. The molecular weight excluding hydrogens is 324 g/mol. The molecule has 0 atom stereocenters. The molecule has 0 radical (unpaired) electrons.